The first-order valence-electron chi connectivity index (χ1n) is 8.43. The molecule has 1 amide bonds. The summed E-state index contributed by atoms with van der Waals surface area (Å²) in [7, 11) is 0. The Morgan fingerprint density at radius 3 is 2.48 bits per heavy atom. The molecule has 1 N–H and O–H groups in total. The van der Waals surface area contributed by atoms with Gasteiger partial charge < -0.3 is 10.1 Å². The largest absolute Gasteiger partial charge is 0.455 e. The Kier molecular flexibility index (Phi) is 5.80. The Labute approximate surface area is 138 Å². The summed E-state index contributed by atoms with van der Waals surface area (Å²) in [6, 6.07) is 9.68. The van der Waals surface area contributed by atoms with Crippen LogP contribution in [0.15, 0.2) is 30.3 Å². The van der Waals surface area contributed by atoms with Crippen LogP contribution in [0.25, 0.3) is 0 Å². The third-order valence-electron chi connectivity index (χ3n) is 4.80. The first-order chi connectivity index (χ1) is 10.9. The van der Waals surface area contributed by atoms with Gasteiger partial charge in [-0.25, -0.2) is 0 Å². The second-order valence-electron chi connectivity index (χ2n) is 7.00. The maximum Gasteiger partial charge on any atom is 0.316 e. The highest BCUT2D eigenvalue weighted by Gasteiger charge is 2.32. The van der Waals surface area contributed by atoms with E-state index in [4.69, 9.17) is 4.74 Å². The number of benzene rings is 1. The zero-order valence-electron chi connectivity index (χ0n) is 14.3. The van der Waals surface area contributed by atoms with Gasteiger partial charge in [-0.2, -0.15) is 0 Å². The van der Waals surface area contributed by atoms with Gasteiger partial charge in [0.25, 0.3) is 5.91 Å². The molecule has 2 atom stereocenters. The normalized spacial score (nSPS) is 21.5. The lowest BCUT2D eigenvalue weighted by Crippen LogP contribution is -2.43. The predicted molar refractivity (Wildman–Crippen MR) is 90.0 cm³/mol. The lowest BCUT2D eigenvalue weighted by molar-refractivity contribution is -0.153. The third kappa shape index (κ3) is 4.57. The topological polar surface area (TPSA) is 55.4 Å². The molecule has 1 aromatic carbocycles. The summed E-state index contributed by atoms with van der Waals surface area (Å²) in [5.74, 6) is -0.0966. The first kappa shape index (κ1) is 17.5. The predicted octanol–water partition coefficient (Wildman–Crippen LogP) is 3.20. The Bertz CT molecular complexity index is 539. The zero-order chi connectivity index (χ0) is 16.9. The minimum Gasteiger partial charge on any atom is -0.455 e. The maximum atomic E-state index is 12.3. The van der Waals surface area contributed by atoms with Crippen LogP contribution in [0.5, 0.6) is 0 Å². The molecular weight excluding hydrogens is 290 g/mol. The second kappa shape index (κ2) is 7.62. The fourth-order valence-electron chi connectivity index (χ4n) is 3.06. The van der Waals surface area contributed by atoms with Crippen molar-refractivity contribution in [1.29, 1.82) is 0 Å². The fraction of sp³-hybridized carbons (Fsp3) is 0.579. The summed E-state index contributed by atoms with van der Waals surface area (Å²) in [5, 5.41) is 3.00. The molecule has 2 rings (SSSR count). The van der Waals surface area contributed by atoms with Crippen molar-refractivity contribution >= 4 is 11.9 Å². The van der Waals surface area contributed by atoms with Crippen molar-refractivity contribution < 1.29 is 14.3 Å². The average molecular weight is 317 g/mol. The molecule has 1 saturated carbocycles. The van der Waals surface area contributed by atoms with Crippen LogP contribution >= 0.6 is 0 Å². The number of amides is 1. The Morgan fingerprint density at radius 2 is 1.83 bits per heavy atom. The molecule has 0 bridgehead atoms. The van der Waals surface area contributed by atoms with E-state index in [1.165, 1.54) is 6.42 Å². The maximum absolute atomic E-state index is 12.3. The molecule has 1 aromatic rings. The fourth-order valence-corrected chi connectivity index (χ4v) is 3.06. The molecule has 4 heteroatoms. The van der Waals surface area contributed by atoms with Crippen molar-refractivity contribution in [2.24, 2.45) is 5.92 Å². The highest BCUT2D eigenvalue weighted by atomic mass is 16.5. The van der Waals surface area contributed by atoms with Gasteiger partial charge >= 0.3 is 5.97 Å². The summed E-state index contributed by atoms with van der Waals surface area (Å²) in [6.45, 7) is 5.57. The number of ether oxygens (including phenoxy) is 1. The van der Waals surface area contributed by atoms with Crippen molar-refractivity contribution in [2.45, 2.75) is 57.9 Å². The summed E-state index contributed by atoms with van der Waals surface area (Å²) >= 11 is 0. The summed E-state index contributed by atoms with van der Waals surface area (Å²) < 4.78 is 5.25. The Balaban J connectivity index is 1.85. The second-order valence-corrected chi connectivity index (χ2v) is 7.00. The van der Waals surface area contributed by atoms with Crippen LogP contribution in [-0.4, -0.2) is 24.5 Å². The molecule has 0 spiro atoms. The molecule has 0 heterocycles. The minimum absolute atomic E-state index is 0.206. The Morgan fingerprint density at radius 1 is 1.17 bits per heavy atom. The van der Waals surface area contributed by atoms with E-state index in [9.17, 15) is 9.59 Å². The van der Waals surface area contributed by atoms with Gasteiger partial charge in [0.2, 0.25) is 0 Å². The molecule has 126 valence electrons. The molecule has 0 unspecified atom stereocenters. The van der Waals surface area contributed by atoms with Gasteiger partial charge in [0.15, 0.2) is 6.61 Å². The molecule has 0 aromatic heterocycles. The van der Waals surface area contributed by atoms with Crippen molar-refractivity contribution in [2.75, 3.05) is 6.61 Å². The number of carbonyl (C=O) groups excluding carboxylic acids is 2. The molecule has 4 nitrogen and oxygen atoms in total. The highest BCUT2D eigenvalue weighted by molar-refractivity contribution is 5.85. The first-order valence-corrected chi connectivity index (χ1v) is 8.43. The van der Waals surface area contributed by atoms with Crippen LogP contribution < -0.4 is 5.32 Å². The van der Waals surface area contributed by atoms with Gasteiger partial charge in [-0.3, -0.25) is 9.59 Å². The van der Waals surface area contributed by atoms with Crippen LogP contribution in [0, 0.1) is 5.92 Å². The van der Waals surface area contributed by atoms with Crippen molar-refractivity contribution in [3.8, 4) is 0 Å². The quantitative estimate of drug-likeness (QED) is 0.849. The summed E-state index contributed by atoms with van der Waals surface area (Å²) in [6.07, 6.45) is 4.53. The zero-order valence-corrected chi connectivity index (χ0v) is 14.3. The van der Waals surface area contributed by atoms with E-state index < -0.39 is 5.41 Å². The van der Waals surface area contributed by atoms with Gasteiger partial charge in [-0.1, -0.05) is 50.1 Å². The van der Waals surface area contributed by atoms with E-state index in [1.807, 2.05) is 44.2 Å². The van der Waals surface area contributed by atoms with E-state index in [1.54, 1.807) is 0 Å². The summed E-state index contributed by atoms with van der Waals surface area (Å²) in [5.41, 5.74) is 0.117. The highest BCUT2D eigenvalue weighted by Crippen LogP contribution is 2.25. The van der Waals surface area contributed by atoms with Crippen molar-refractivity contribution in [1.82, 2.24) is 5.32 Å². The standard InChI is InChI=1S/C19H27NO3/c1-14-9-7-8-12-16(14)20-17(21)13-23-18(22)19(2,3)15-10-5-4-6-11-15/h4-6,10-11,14,16H,7-9,12-13H2,1-3H3,(H,20,21)/t14-,16-/m1/s1. The number of hydrogen-bond acceptors (Lipinski definition) is 3. The number of rotatable bonds is 5. The van der Waals surface area contributed by atoms with Crippen molar-refractivity contribution in [3.05, 3.63) is 35.9 Å². The van der Waals surface area contributed by atoms with Gasteiger partial charge in [-0.15, -0.1) is 0 Å². The van der Waals surface area contributed by atoms with Crippen LogP contribution in [-0.2, 0) is 19.7 Å². The van der Waals surface area contributed by atoms with Crippen LogP contribution in [0.2, 0.25) is 0 Å². The van der Waals surface area contributed by atoms with Gasteiger partial charge in [0, 0.05) is 6.04 Å². The number of nitrogens with one attached hydrogen (secondary N) is 1. The molecule has 23 heavy (non-hydrogen) atoms. The lowest BCUT2D eigenvalue weighted by atomic mass is 9.85. The van der Waals surface area contributed by atoms with Crippen molar-refractivity contribution in [3.63, 3.8) is 0 Å². The van der Waals surface area contributed by atoms with E-state index in [2.05, 4.69) is 12.2 Å². The number of hydrogen-bond donors (Lipinski definition) is 1. The molecule has 1 fully saturated rings. The van der Waals surface area contributed by atoms with E-state index in [0.29, 0.717) is 5.92 Å². The van der Waals surface area contributed by atoms with Crippen LogP contribution in [0.4, 0.5) is 0 Å². The van der Waals surface area contributed by atoms with Crippen LogP contribution in [0.3, 0.4) is 0 Å². The number of esters is 1. The molecule has 0 saturated heterocycles. The van der Waals surface area contributed by atoms with E-state index in [-0.39, 0.29) is 24.5 Å². The average Bonchev–Trinajstić information content (AvgIpc) is 2.55. The molecule has 0 radical (unpaired) electrons. The Hall–Kier alpha value is -1.84. The monoisotopic (exact) mass is 317 g/mol. The third-order valence-corrected chi connectivity index (χ3v) is 4.80. The summed E-state index contributed by atoms with van der Waals surface area (Å²) in [4.78, 5) is 24.4. The van der Waals surface area contributed by atoms with Gasteiger partial charge in [0.05, 0.1) is 5.41 Å². The van der Waals surface area contributed by atoms with E-state index >= 15 is 0 Å². The molecule has 0 aliphatic heterocycles. The van der Waals surface area contributed by atoms with Gasteiger partial charge in [0.1, 0.15) is 0 Å². The molecule has 1 aliphatic carbocycles. The van der Waals surface area contributed by atoms with E-state index in [0.717, 1.165) is 24.8 Å². The smallest absolute Gasteiger partial charge is 0.316 e. The van der Waals surface area contributed by atoms with Gasteiger partial charge in [-0.05, 0) is 38.2 Å². The van der Waals surface area contributed by atoms with Crippen LogP contribution in [0.1, 0.15) is 52.0 Å². The SMILES string of the molecule is C[C@@H]1CCCC[C@H]1NC(=O)COC(=O)C(C)(C)c1ccccc1. The minimum atomic E-state index is -0.764. The molecular formula is C19H27NO3. The number of carbonyl (C=O) groups is 2. The molecule has 1 aliphatic rings. The lowest BCUT2D eigenvalue weighted by Gasteiger charge is -2.29.